The number of para-hydroxylation sites is 1. The fraction of sp³-hybridized carbons (Fsp3) is 0.500. The summed E-state index contributed by atoms with van der Waals surface area (Å²) in [7, 11) is -3.87. The van der Waals surface area contributed by atoms with Crippen LogP contribution in [0.3, 0.4) is 0 Å². The van der Waals surface area contributed by atoms with E-state index >= 15 is 0 Å². The van der Waals surface area contributed by atoms with Crippen LogP contribution < -0.4 is 5.32 Å². The highest BCUT2D eigenvalue weighted by molar-refractivity contribution is 7.89. The van der Waals surface area contributed by atoms with Crippen LogP contribution in [0.25, 0.3) is 0 Å². The number of sulfonamides is 1. The molecule has 0 aliphatic carbocycles. The van der Waals surface area contributed by atoms with Crippen LogP contribution in [0.1, 0.15) is 13.8 Å². The maximum absolute atomic E-state index is 12.7. The van der Waals surface area contributed by atoms with E-state index in [-0.39, 0.29) is 22.7 Å². The topological polar surface area (TPSA) is 92.6 Å². The zero-order valence-electron chi connectivity index (χ0n) is 11.3. The maximum Gasteiger partial charge on any atom is 0.289 e. The van der Waals surface area contributed by atoms with Gasteiger partial charge in [-0.25, -0.2) is 8.42 Å². The van der Waals surface area contributed by atoms with E-state index in [0.29, 0.717) is 13.1 Å². The number of nitrogens with zero attached hydrogens (tertiary/aromatic N) is 2. The Bertz CT molecular complexity index is 617. The molecule has 7 nitrogen and oxygen atoms in total. The Morgan fingerprint density at radius 3 is 2.65 bits per heavy atom. The van der Waals surface area contributed by atoms with Crippen molar-refractivity contribution in [2.24, 2.45) is 0 Å². The Morgan fingerprint density at radius 2 is 2.00 bits per heavy atom. The standard InChI is InChI=1S/C12H17N3O4S/c1-9-10(2)14(8-7-13-9)20(18,19)12-6-4-3-5-11(12)15(16)17/h3-6,9-10,13H,7-8H2,1-2H3. The minimum Gasteiger partial charge on any atom is -0.311 e. The van der Waals surface area contributed by atoms with E-state index in [1.54, 1.807) is 6.92 Å². The molecule has 1 aliphatic rings. The minimum atomic E-state index is -3.87. The number of benzene rings is 1. The molecule has 0 amide bonds. The summed E-state index contributed by atoms with van der Waals surface area (Å²) < 4.78 is 26.7. The van der Waals surface area contributed by atoms with Crippen molar-refractivity contribution in [2.75, 3.05) is 13.1 Å². The molecule has 0 spiro atoms. The molecule has 2 atom stereocenters. The first kappa shape index (κ1) is 14.9. The van der Waals surface area contributed by atoms with E-state index in [9.17, 15) is 18.5 Å². The van der Waals surface area contributed by atoms with Gasteiger partial charge in [0, 0.05) is 31.2 Å². The quantitative estimate of drug-likeness (QED) is 0.663. The molecule has 0 saturated carbocycles. The van der Waals surface area contributed by atoms with Gasteiger partial charge < -0.3 is 5.32 Å². The first-order valence-electron chi connectivity index (χ1n) is 6.34. The van der Waals surface area contributed by atoms with Crippen molar-refractivity contribution in [3.63, 3.8) is 0 Å². The molecule has 1 fully saturated rings. The van der Waals surface area contributed by atoms with Gasteiger partial charge in [0.15, 0.2) is 4.90 Å². The molecule has 1 aliphatic heterocycles. The first-order chi connectivity index (χ1) is 9.35. The van der Waals surface area contributed by atoms with Crippen molar-refractivity contribution in [1.82, 2.24) is 9.62 Å². The second-order valence-corrected chi connectivity index (χ2v) is 6.68. The van der Waals surface area contributed by atoms with E-state index in [4.69, 9.17) is 0 Å². The van der Waals surface area contributed by atoms with Crippen LogP contribution in [-0.2, 0) is 10.0 Å². The summed E-state index contributed by atoms with van der Waals surface area (Å²) in [6, 6.07) is 5.20. The van der Waals surface area contributed by atoms with Crippen molar-refractivity contribution >= 4 is 15.7 Å². The predicted octanol–water partition coefficient (Wildman–Crippen LogP) is 0.966. The summed E-state index contributed by atoms with van der Waals surface area (Å²) in [5.74, 6) is 0. The van der Waals surface area contributed by atoms with Crippen LogP contribution in [-0.4, -0.2) is 42.8 Å². The van der Waals surface area contributed by atoms with Gasteiger partial charge >= 0.3 is 0 Å². The van der Waals surface area contributed by atoms with Crippen molar-refractivity contribution < 1.29 is 13.3 Å². The third-order valence-corrected chi connectivity index (χ3v) is 5.66. The molecule has 1 saturated heterocycles. The van der Waals surface area contributed by atoms with Gasteiger partial charge in [0.25, 0.3) is 5.69 Å². The molecule has 1 N–H and O–H groups in total. The molecule has 0 radical (unpaired) electrons. The Hall–Kier alpha value is -1.51. The summed E-state index contributed by atoms with van der Waals surface area (Å²) in [5, 5.41) is 14.2. The number of nitrogens with one attached hydrogen (secondary N) is 1. The normalized spacial score (nSPS) is 24.5. The van der Waals surface area contributed by atoms with E-state index in [1.807, 2.05) is 6.92 Å². The summed E-state index contributed by atoms with van der Waals surface area (Å²) in [6.07, 6.45) is 0. The smallest absolute Gasteiger partial charge is 0.289 e. The predicted molar refractivity (Wildman–Crippen MR) is 73.9 cm³/mol. The van der Waals surface area contributed by atoms with Gasteiger partial charge in [-0.05, 0) is 19.9 Å². The highest BCUT2D eigenvalue weighted by Crippen LogP contribution is 2.28. The molecule has 20 heavy (non-hydrogen) atoms. The molecule has 0 aromatic heterocycles. The zero-order valence-corrected chi connectivity index (χ0v) is 12.1. The fourth-order valence-electron chi connectivity index (χ4n) is 2.32. The Morgan fingerprint density at radius 1 is 1.35 bits per heavy atom. The lowest BCUT2D eigenvalue weighted by Crippen LogP contribution is -2.57. The second-order valence-electron chi connectivity index (χ2n) is 4.82. The van der Waals surface area contributed by atoms with E-state index in [0.717, 1.165) is 0 Å². The molecule has 2 rings (SSSR count). The van der Waals surface area contributed by atoms with Gasteiger partial charge in [0.2, 0.25) is 10.0 Å². The summed E-state index contributed by atoms with van der Waals surface area (Å²) in [4.78, 5) is 10.1. The molecule has 110 valence electrons. The van der Waals surface area contributed by atoms with Crippen LogP contribution in [0.15, 0.2) is 29.2 Å². The van der Waals surface area contributed by atoms with Crippen LogP contribution in [0, 0.1) is 10.1 Å². The Balaban J connectivity index is 2.48. The van der Waals surface area contributed by atoms with Crippen LogP contribution in [0.5, 0.6) is 0 Å². The van der Waals surface area contributed by atoms with Crippen molar-refractivity contribution in [2.45, 2.75) is 30.8 Å². The summed E-state index contributed by atoms with van der Waals surface area (Å²) in [6.45, 7) is 4.53. The van der Waals surface area contributed by atoms with Crippen molar-refractivity contribution in [3.05, 3.63) is 34.4 Å². The number of piperazine rings is 1. The molecule has 1 aromatic carbocycles. The van der Waals surface area contributed by atoms with E-state index in [2.05, 4.69) is 5.32 Å². The molecule has 1 heterocycles. The SMILES string of the molecule is CC1NCCN(S(=O)(=O)c2ccccc2[N+](=O)[O-])C1C. The lowest BCUT2D eigenvalue weighted by molar-refractivity contribution is -0.387. The van der Waals surface area contributed by atoms with Gasteiger partial charge in [-0.15, -0.1) is 0 Å². The molecule has 8 heteroatoms. The van der Waals surface area contributed by atoms with E-state index < -0.39 is 14.9 Å². The summed E-state index contributed by atoms with van der Waals surface area (Å²) in [5.41, 5.74) is -0.383. The first-order valence-corrected chi connectivity index (χ1v) is 7.78. The minimum absolute atomic E-state index is 0.00120. The van der Waals surface area contributed by atoms with Crippen LogP contribution >= 0.6 is 0 Å². The molecular weight excluding hydrogens is 282 g/mol. The number of nitro benzene ring substituents is 1. The third kappa shape index (κ3) is 2.54. The molecular formula is C12H17N3O4S. The van der Waals surface area contributed by atoms with Gasteiger partial charge in [0.1, 0.15) is 0 Å². The second kappa shape index (κ2) is 5.47. The van der Waals surface area contributed by atoms with Crippen LogP contribution in [0.4, 0.5) is 5.69 Å². The average molecular weight is 299 g/mol. The molecule has 0 bridgehead atoms. The molecule has 1 aromatic rings. The third-order valence-electron chi connectivity index (χ3n) is 3.62. The van der Waals surface area contributed by atoms with Gasteiger partial charge in [-0.3, -0.25) is 10.1 Å². The Kier molecular flexibility index (Phi) is 4.07. The highest BCUT2D eigenvalue weighted by Gasteiger charge is 2.37. The zero-order chi connectivity index (χ0) is 14.9. The van der Waals surface area contributed by atoms with E-state index in [1.165, 1.54) is 28.6 Å². The largest absolute Gasteiger partial charge is 0.311 e. The fourth-order valence-corrected chi connectivity index (χ4v) is 4.18. The highest BCUT2D eigenvalue weighted by atomic mass is 32.2. The van der Waals surface area contributed by atoms with Gasteiger partial charge in [0.05, 0.1) is 4.92 Å². The van der Waals surface area contributed by atoms with Crippen molar-refractivity contribution in [1.29, 1.82) is 0 Å². The number of hydrogen-bond acceptors (Lipinski definition) is 5. The monoisotopic (exact) mass is 299 g/mol. The van der Waals surface area contributed by atoms with Crippen molar-refractivity contribution in [3.8, 4) is 0 Å². The lowest BCUT2D eigenvalue weighted by Gasteiger charge is -2.37. The lowest BCUT2D eigenvalue weighted by atomic mass is 10.1. The molecule has 2 unspecified atom stereocenters. The summed E-state index contributed by atoms with van der Waals surface area (Å²) >= 11 is 0. The number of nitro groups is 1. The average Bonchev–Trinajstić information content (AvgIpc) is 2.41. The van der Waals surface area contributed by atoms with Gasteiger partial charge in [-0.2, -0.15) is 4.31 Å². The Labute approximate surface area is 117 Å². The van der Waals surface area contributed by atoms with Crippen LogP contribution in [0.2, 0.25) is 0 Å². The van der Waals surface area contributed by atoms with Gasteiger partial charge in [-0.1, -0.05) is 12.1 Å². The number of hydrogen-bond donors (Lipinski definition) is 1. The number of rotatable bonds is 3. The maximum atomic E-state index is 12.7.